The number of pyridine rings is 1. The Kier molecular flexibility index (Phi) is 10.5. The van der Waals surface area contributed by atoms with Crippen LogP contribution >= 0.6 is 47.2 Å². The summed E-state index contributed by atoms with van der Waals surface area (Å²) in [4.78, 5) is 8.91. The minimum atomic E-state index is 0. The number of halogens is 3. The Balaban J connectivity index is 0.00000364. The van der Waals surface area contributed by atoms with Crippen LogP contribution < -0.4 is 10.6 Å². The molecule has 8 heteroatoms. The molecular formula is C19H28Cl2IN5. The Bertz CT molecular complexity index is 731. The molecule has 2 heterocycles. The number of nitrogens with one attached hydrogen (secondary N) is 2. The first-order valence-corrected chi connectivity index (χ1v) is 9.61. The Morgan fingerprint density at radius 2 is 2.04 bits per heavy atom. The number of aliphatic imine (C=N–C) groups is 1. The minimum Gasteiger partial charge on any atom is -0.357 e. The van der Waals surface area contributed by atoms with Crippen molar-refractivity contribution in [2.75, 3.05) is 13.1 Å². The lowest BCUT2D eigenvalue weighted by atomic mass is 9.89. The van der Waals surface area contributed by atoms with Gasteiger partial charge in [-0.05, 0) is 30.5 Å². The Labute approximate surface area is 189 Å². The topological polar surface area (TPSA) is 54.2 Å². The molecule has 0 bridgehead atoms. The molecule has 1 atom stereocenters. The monoisotopic (exact) mass is 523 g/mol. The number of nitrogens with zero attached hydrogens (tertiary/aromatic N) is 3. The average molecular weight is 524 g/mol. The standard InChI is InChI=1S/C19H27Cl2N5.HI/c1-5-23-19(24-11-15-9-17(20)18(21)26(15)4)25-12-16(13(2)3)14-7-6-8-22-10-14;/h6-10,13,16H,5,11-12H2,1-4H3,(H2,23,24,25);1H. The van der Waals surface area contributed by atoms with Crippen molar-refractivity contribution in [3.63, 3.8) is 0 Å². The molecule has 150 valence electrons. The van der Waals surface area contributed by atoms with E-state index in [2.05, 4.69) is 47.4 Å². The van der Waals surface area contributed by atoms with Crippen LogP contribution in [0.25, 0.3) is 0 Å². The van der Waals surface area contributed by atoms with E-state index in [4.69, 9.17) is 23.2 Å². The molecule has 0 radical (unpaired) electrons. The number of guanidine groups is 1. The molecule has 2 rings (SSSR count). The largest absolute Gasteiger partial charge is 0.357 e. The second-order valence-electron chi connectivity index (χ2n) is 6.55. The molecule has 1 unspecified atom stereocenters. The summed E-state index contributed by atoms with van der Waals surface area (Å²) in [5.41, 5.74) is 2.19. The SMILES string of the molecule is CCNC(=NCc1cc(Cl)c(Cl)n1C)NCC(c1cccnc1)C(C)C.I. The third kappa shape index (κ3) is 6.84. The van der Waals surface area contributed by atoms with Gasteiger partial charge < -0.3 is 15.2 Å². The van der Waals surface area contributed by atoms with E-state index in [9.17, 15) is 0 Å². The summed E-state index contributed by atoms with van der Waals surface area (Å²) in [6.45, 7) is 8.56. The lowest BCUT2D eigenvalue weighted by molar-refractivity contribution is 0.487. The molecule has 5 nitrogen and oxygen atoms in total. The van der Waals surface area contributed by atoms with Gasteiger partial charge in [0.15, 0.2) is 5.96 Å². The molecule has 0 aromatic carbocycles. The van der Waals surface area contributed by atoms with Crippen LogP contribution in [-0.4, -0.2) is 28.6 Å². The van der Waals surface area contributed by atoms with Crippen LogP contribution in [0.2, 0.25) is 10.2 Å². The zero-order valence-corrected chi connectivity index (χ0v) is 20.0. The Hall–Kier alpha value is -0.990. The fourth-order valence-corrected chi connectivity index (χ4v) is 3.20. The van der Waals surface area contributed by atoms with Crippen molar-refractivity contribution in [2.24, 2.45) is 18.0 Å². The van der Waals surface area contributed by atoms with Gasteiger partial charge in [-0.1, -0.05) is 43.1 Å². The van der Waals surface area contributed by atoms with Crippen molar-refractivity contribution in [3.8, 4) is 0 Å². The first kappa shape index (κ1) is 24.0. The summed E-state index contributed by atoms with van der Waals surface area (Å²) in [6.07, 6.45) is 3.74. The van der Waals surface area contributed by atoms with E-state index in [0.29, 0.717) is 28.6 Å². The van der Waals surface area contributed by atoms with E-state index in [1.807, 2.05) is 29.9 Å². The van der Waals surface area contributed by atoms with E-state index in [1.54, 1.807) is 6.20 Å². The quantitative estimate of drug-likeness (QED) is 0.310. The van der Waals surface area contributed by atoms with Gasteiger partial charge in [0.05, 0.1) is 11.6 Å². The molecule has 0 spiro atoms. The van der Waals surface area contributed by atoms with Crippen molar-refractivity contribution in [1.29, 1.82) is 0 Å². The second kappa shape index (κ2) is 11.8. The lowest BCUT2D eigenvalue weighted by Crippen LogP contribution is -2.40. The highest BCUT2D eigenvalue weighted by Gasteiger charge is 2.16. The number of hydrogen-bond acceptors (Lipinski definition) is 2. The molecule has 0 fully saturated rings. The highest BCUT2D eigenvalue weighted by Crippen LogP contribution is 2.25. The molecule has 2 aromatic heterocycles. The van der Waals surface area contributed by atoms with Gasteiger partial charge in [0.2, 0.25) is 0 Å². The Morgan fingerprint density at radius 1 is 1.30 bits per heavy atom. The van der Waals surface area contributed by atoms with Gasteiger partial charge >= 0.3 is 0 Å². The van der Waals surface area contributed by atoms with Crippen LogP contribution in [0.5, 0.6) is 0 Å². The Morgan fingerprint density at radius 3 is 2.56 bits per heavy atom. The van der Waals surface area contributed by atoms with Crippen molar-refractivity contribution >= 4 is 53.1 Å². The molecule has 0 aliphatic heterocycles. The van der Waals surface area contributed by atoms with Crippen molar-refractivity contribution in [2.45, 2.75) is 33.2 Å². The van der Waals surface area contributed by atoms with Crippen LogP contribution in [-0.2, 0) is 13.6 Å². The molecule has 0 aliphatic carbocycles. The van der Waals surface area contributed by atoms with E-state index < -0.39 is 0 Å². The van der Waals surface area contributed by atoms with Crippen LogP contribution in [0.1, 0.15) is 37.9 Å². The van der Waals surface area contributed by atoms with Gasteiger partial charge in [0.1, 0.15) is 5.15 Å². The normalized spacial score (nSPS) is 12.6. The summed E-state index contributed by atoms with van der Waals surface area (Å²) in [5, 5.41) is 7.82. The molecule has 2 aromatic rings. The summed E-state index contributed by atoms with van der Waals surface area (Å²) < 4.78 is 1.85. The van der Waals surface area contributed by atoms with Crippen LogP contribution in [0, 0.1) is 5.92 Å². The van der Waals surface area contributed by atoms with E-state index >= 15 is 0 Å². The third-order valence-corrected chi connectivity index (χ3v) is 5.21. The van der Waals surface area contributed by atoms with Gasteiger partial charge in [0.25, 0.3) is 0 Å². The maximum atomic E-state index is 6.13. The summed E-state index contributed by atoms with van der Waals surface area (Å²) in [7, 11) is 1.89. The van der Waals surface area contributed by atoms with Crippen molar-refractivity contribution < 1.29 is 0 Å². The van der Waals surface area contributed by atoms with Crippen molar-refractivity contribution in [3.05, 3.63) is 52.0 Å². The van der Waals surface area contributed by atoms with Crippen LogP contribution in [0.4, 0.5) is 0 Å². The van der Waals surface area contributed by atoms with Crippen LogP contribution in [0.15, 0.2) is 35.6 Å². The third-order valence-electron chi connectivity index (χ3n) is 4.37. The maximum Gasteiger partial charge on any atom is 0.191 e. The minimum absolute atomic E-state index is 0. The molecule has 0 saturated carbocycles. The summed E-state index contributed by atoms with van der Waals surface area (Å²) >= 11 is 12.2. The fraction of sp³-hybridized carbons (Fsp3) is 0.474. The van der Waals surface area contributed by atoms with Crippen LogP contribution in [0.3, 0.4) is 0 Å². The number of aromatic nitrogens is 2. The highest BCUT2D eigenvalue weighted by molar-refractivity contribution is 14.0. The van der Waals surface area contributed by atoms with Gasteiger partial charge in [-0.3, -0.25) is 4.98 Å². The lowest BCUT2D eigenvalue weighted by Gasteiger charge is -2.23. The number of hydrogen-bond donors (Lipinski definition) is 2. The zero-order chi connectivity index (χ0) is 19.1. The summed E-state index contributed by atoms with van der Waals surface area (Å²) in [6, 6.07) is 5.95. The molecule has 0 aliphatic rings. The van der Waals surface area contributed by atoms with Gasteiger partial charge in [-0.15, -0.1) is 24.0 Å². The summed E-state index contributed by atoms with van der Waals surface area (Å²) in [5.74, 6) is 1.61. The molecular weight excluding hydrogens is 496 g/mol. The molecule has 27 heavy (non-hydrogen) atoms. The first-order chi connectivity index (χ1) is 12.4. The number of rotatable bonds is 7. The van der Waals surface area contributed by atoms with E-state index in [1.165, 1.54) is 5.56 Å². The molecule has 0 saturated heterocycles. The van der Waals surface area contributed by atoms with Crippen molar-refractivity contribution in [1.82, 2.24) is 20.2 Å². The highest BCUT2D eigenvalue weighted by atomic mass is 127. The van der Waals surface area contributed by atoms with Gasteiger partial charge in [0, 0.05) is 44.1 Å². The average Bonchev–Trinajstić information content (AvgIpc) is 2.87. The van der Waals surface area contributed by atoms with Gasteiger partial charge in [-0.25, -0.2) is 4.99 Å². The van der Waals surface area contributed by atoms with Gasteiger partial charge in [-0.2, -0.15) is 0 Å². The second-order valence-corrected chi connectivity index (χ2v) is 7.31. The molecule has 2 N–H and O–H groups in total. The predicted molar refractivity (Wildman–Crippen MR) is 125 cm³/mol. The smallest absolute Gasteiger partial charge is 0.191 e. The predicted octanol–water partition coefficient (Wildman–Crippen LogP) is 4.84. The zero-order valence-electron chi connectivity index (χ0n) is 16.2. The van der Waals surface area contributed by atoms with E-state index in [0.717, 1.165) is 24.7 Å². The molecule has 0 amide bonds. The fourth-order valence-electron chi connectivity index (χ4n) is 2.78. The van der Waals surface area contributed by atoms with E-state index in [-0.39, 0.29) is 24.0 Å². The maximum absolute atomic E-state index is 6.13. The first-order valence-electron chi connectivity index (χ1n) is 8.85.